The van der Waals surface area contributed by atoms with Gasteiger partial charge in [-0.3, -0.25) is 0 Å². The number of hydrogen-bond acceptors (Lipinski definition) is 4. The van der Waals surface area contributed by atoms with Crippen LogP contribution in [0.1, 0.15) is 234 Å². The fourth-order valence-electron chi connectivity index (χ4n) is 11.8. The third kappa shape index (κ3) is 20.4. The molecule has 6 aliphatic carbocycles. The Hall–Kier alpha value is -0.160. The van der Waals surface area contributed by atoms with Crippen LogP contribution < -0.4 is 22.9 Å². The SMILES string of the molecule is CC(CN)C1(CN)CCCCC1.CC(CN)C1(CN)CCCCC1.[CH2]C(C)C1([CH2])CCCCC1.[CH2]C(C)C1([CH2])CCCCC1.[CH2]C(C)C1([CH2])CCCCC1.[CH2]C(C)C1([CH2])CCCCC1. The first-order valence-corrected chi connectivity index (χ1v) is 27.6. The lowest BCUT2D eigenvalue weighted by Crippen LogP contribution is -2.41. The molecule has 376 valence electrons. The molecule has 0 aromatic carbocycles. The van der Waals surface area contributed by atoms with Crippen LogP contribution in [0.4, 0.5) is 0 Å². The second kappa shape index (κ2) is 31.1. The first kappa shape index (κ1) is 61.9. The normalized spacial score (nSPS) is 25.2. The zero-order chi connectivity index (χ0) is 48.5. The van der Waals surface area contributed by atoms with Crippen LogP contribution >= 0.6 is 0 Å². The van der Waals surface area contributed by atoms with E-state index in [2.05, 4.69) is 96.9 Å². The molecule has 0 saturated heterocycles. The third-order valence-corrected chi connectivity index (χ3v) is 18.9. The molecule has 6 atom stereocenters. The van der Waals surface area contributed by atoms with E-state index in [1.165, 1.54) is 193 Å². The zero-order valence-electron chi connectivity index (χ0n) is 44.5. The quantitative estimate of drug-likeness (QED) is 0.175. The minimum Gasteiger partial charge on any atom is -0.330 e. The highest BCUT2D eigenvalue weighted by Gasteiger charge is 2.37. The van der Waals surface area contributed by atoms with Crippen LogP contribution in [-0.4, -0.2) is 26.2 Å². The molecule has 6 fully saturated rings. The van der Waals surface area contributed by atoms with Crippen LogP contribution in [0.15, 0.2) is 0 Å². The maximum atomic E-state index is 5.86. The van der Waals surface area contributed by atoms with Gasteiger partial charge in [-0.05, 0) is 227 Å². The van der Waals surface area contributed by atoms with Gasteiger partial charge >= 0.3 is 0 Å². The van der Waals surface area contributed by atoms with Crippen molar-refractivity contribution in [1.82, 2.24) is 0 Å². The Kier molecular flexibility index (Phi) is 30.1. The van der Waals surface area contributed by atoms with Crippen molar-refractivity contribution in [2.24, 2.45) is 90.9 Å². The molecule has 0 spiro atoms. The second-order valence-electron chi connectivity index (χ2n) is 23.8. The van der Waals surface area contributed by atoms with Crippen LogP contribution in [0.25, 0.3) is 0 Å². The van der Waals surface area contributed by atoms with Gasteiger partial charge in [-0.25, -0.2) is 0 Å². The Bertz CT molecular complexity index is 958. The van der Waals surface area contributed by atoms with Gasteiger partial charge in [-0.15, -0.1) is 0 Å². The van der Waals surface area contributed by atoms with Crippen molar-refractivity contribution in [3.8, 4) is 0 Å². The predicted molar refractivity (Wildman–Crippen MR) is 287 cm³/mol. The minimum absolute atomic E-state index is 0.318. The molecule has 4 nitrogen and oxygen atoms in total. The largest absolute Gasteiger partial charge is 0.330 e. The van der Waals surface area contributed by atoms with Gasteiger partial charge in [0.25, 0.3) is 0 Å². The van der Waals surface area contributed by atoms with Gasteiger partial charge in [0.15, 0.2) is 0 Å². The average molecular weight is 894 g/mol. The van der Waals surface area contributed by atoms with E-state index >= 15 is 0 Å². The second-order valence-corrected chi connectivity index (χ2v) is 23.8. The smallest absolute Gasteiger partial charge is 0.00175 e. The Morgan fingerprint density at radius 2 is 0.453 bits per heavy atom. The number of nitrogens with two attached hydrogens (primary N) is 4. The Balaban J connectivity index is 0.000000385. The van der Waals surface area contributed by atoms with Crippen molar-refractivity contribution in [2.75, 3.05) is 26.2 Å². The van der Waals surface area contributed by atoms with E-state index < -0.39 is 0 Å². The van der Waals surface area contributed by atoms with Crippen molar-refractivity contribution in [2.45, 2.75) is 234 Å². The first-order valence-electron chi connectivity index (χ1n) is 27.6. The molecular formula is C60H116N4. The van der Waals surface area contributed by atoms with E-state index in [-0.39, 0.29) is 0 Å². The monoisotopic (exact) mass is 893 g/mol. The summed E-state index contributed by atoms with van der Waals surface area (Å²) in [6.45, 7) is 49.8. The molecule has 0 aromatic heterocycles. The summed E-state index contributed by atoms with van der Waals surface area (Å²) >= 11 is 0. The average Bonchev–Trinajstić information content (AvgIpc) is 3.31. The van der Waals surface area contributed by atoms with E-state index in [4.69, 9.17) is 22.9 Å². The van der Waals surface area contributed by atoms with Crippen molar-refractivity contribution >= 4 is 0 Å². The highest BCUT2D eigenvalue weighted by atomic mass is 14.7. The van der Waals surface area contributed by atoms with Crippen molar-refractivity contribution < 1.29 is 0 Å². The van der Waals surface area contributed by atoms with Gasteiger partial charge < -0.3 is 22.9 Å². The van der Waals surface area contributed by atoms with Gasteiger partial charge in [0.2, 0.25) is 0 Å². The lowest BCUT2D eigenvalue weighted by molar-refractivity contribution is 0.121. The molecule has 0 heterocycles. The summed E-state index contributed by atoms with van der Waals surface area (Å²) in [5.74, 6) is 3.28. The van der Waals surface area contributed by atoms with Gasteiger partial charge in [0.05, 0.1) is 0 Å². The molecule has 0 aromatic rings. The van der Waals surface area contributed by atoms with Crippen LogP contribution in [0.5, 0.6) is 0 Å². The first-order chi connectivity index (χ1) is 30.1. The topological polar surface area (TPSA) is 104 Å². The standard InChI is InChI=1S/2C10H22N2.4C10H18/c2*1-9(7-11)10(8-12)5-3-2-4-6-10;4*1-9(2)10(3)7-5-4-6-8-10/h2*9H,2-8,11-12H2,1H3;4*9H,1,3-8H2,2H3. The van der Waals surface area contributed by atoms with Gasteiger partial charge in [-0.2, -0.15) is 0 Å². The maximum Gasteiger partial charge on any atom is -0.00175 e. The van der Waals surface area contributed by atoms with E-state index in [0.717, 1.165) is 26.2 Å². The summed E-state index contributed by atoms with van der Waals surface area (Å²) in [6, 6.07) is 0. The molecule has 6 rings (SSSR count). The molecule has 0 amide bonds. The van der Waals surface area contributed by atoms with Crippen molar-refractivity contribution in [1.29, 1.82) is 0 Å². The van der Waals surface area contributed by atoms with Crippen LogP contribution in [-0.2, 0) is 0 Å². The van der Waals surface area contributed by atoms with E-state index in [1.807, 2.05) is 0 Å². The molecule has 64 heavy (non-hydrogen) atoms. The Morgan fingerprint density at radius 1 is 0.297 bits per heavy atom. The third-order valence-electron chi connectivity index (χ3n) is 18.9. The minimum atomic E-state index is 0.318. The summed E-state index contributed by atoms with van der Waals surface area (Å²) in [4.78, 5) is 0. The van der Waals surface area contributed by atoms with E-state index in [0.29, 0.717) is 68.0 Å². The number of hydrogen-bond donors (Lipinski definition) is 4. The lowest BCUT2D eigenvalue weighted by atomic mass is 9.66. The van der Waals surface area contributed by atoms with Crippen LogP contribution in [0, 0.1) is 123 Å². The molecule has 0 aliphatic heterocycles. The number of rotatable bonds is 10. The molecular weight excluding hydrogens is 777 g/mol. The highest BCUT2D eigenvalue weighted by molar-refractivity contribution is 4.94. The summed E-state index contributed by atoms with van der Waals surface area (Å²) in [6.07, 6.45) is 40.2. The Labute approximate surface area is 405 Å². The van der Waals surface area contributed by atoms with Crippen LogP contribution in [0.3, 0.4) is 0 Å². The fourth-order valence-corrected chi connectivity index (χ4v) is 11.8. The summed E-state index contributed by atoms with van der Waals surface area (Å²) in [5.41, 5.74) is 25.2. The van der Waals surface area contributed by atoms with Gasteiger partial charge in [0.1, 0.15) is 0 Å². The molecule has 0 bridgehead atoms. The predicted octanol–water partition coefficient (Wildman–Crippen LogP) is 15.9. The Morgan fingerprint density at radius 3 is 0.562 bits per heavy atom. The zero-order valence-corrected chi connectivity index (χ0v) is 44.5. The van der Waals surface area contributed by atoms with Gasteiger partial charge in [0, 0.05) is 0 Å². The molecule has 4 heteroatoms. The van der Waals surface area contributed by atoms with Gasteiger partial charge in [-0.1, -0.05) is 157 Å². The summed E-state index contributed by atoms with van der Waals surface area (Å²) in [5, 5.41) is 0. The van der Waals surface area contributed by atoms with E-state index in [1.54, 1.807) is 0 Å². The maximum absolute atomic E-state index is 5.86. The molecule has 6 unspecified atom stereocenters. The van der Waals surface area contributed by atoms with Crippen molar-refractivity contribution in [3.63, 3.8) is 0 Å². The summed E-state index contributed by atoms with van der Waals surface area (Å²) < 4.78 is 0. The molecule has 6 aliphatic rings. The molecule has 8 N–H and O–H groups in total. The molecule has 6 saturated carbocycles. The fraction of sp³-hybridized carbons (Fsp3) is 0.867. The van der Waals surface area contributed by atoms with Crippen molar-refractivity contribution in [3.05, 3.63) is 55.4 Å². The van der Waals surface area contributed by atoms with E-state index in [9.17, 15) is 0 Å². The summed E-state index contributed by atoms with van der Waals surface area (Å²) in [7, 11) is 0. The lowest BCUT2D eigenvalue weighted by Gasteiger charge is -2.41. The van der Waals surface area contributed by atoms with Crippen LogP contribution in [0.2, 0.25) is 0 Å². The molecule has 8 radical (unpaired) electrons. The highest BCUT2D eigenvalue weighted by Crippen LogP contribution is 2.45.